The van der Waals surface area contributed by atoms with Gasteiger partial charge in [0.2, 0.25) is 5.95 Å². The van der Waals surface area contributed by atoms with Gasteiger partial charge in [0.1, 0.15) is 11.6 Å². The first-order valence-electron chi connectivity index (χ1n) is 9.81. The van der Waals surface area contributed by atoms with Crippen molar-refractivity contribution in [3.63, 3.8) is 0 Å². The van der Waals surface area contributed by atoms with E-state index in [4.69, 9.17) is 9.97 Å². The van der Waals surface area contributed by atoms with Crippen LogP contribution in [0.15, 0.2) is 66.2 Å². The molecule has 1 saturated heterocycles. The van der Waals surface area contributed by atoms with E-state index < -0.39 is 0 Å². The number of aromatic nitrogens is 3. The lowest BCUT2D eigenvalue weighted by molar-refractivity contribution is 0.636. The summed E-state index contributed by atoms with van der Waals surface area (Å²) in [7, 11) is 0. The van der Waals surface area contributed by atoms with E-state index in [1.807, 2.05) is 30.5 Å². The maximum absolute atomic E-state index is 4.90. The van der Waals surface area contributed by atoms with Crippen LogP contribution < -0.4 is 15.1 Å². The van der Waals surface area contributed by atoms with Crippen molar-refractivity contribution in [3.05, 3.63) is 71.1 Å². The zero-order valence-corrected chi connectivity index (χ0v) is 16.8. The van der Waals surface area contributed by atoms with Crippen molar-refractivity contribution in [2.75, 3.05) is 41.3 Å². The first-order valence-corrected chi connectivity index (χ1v) is 10.7. The van der Waals surface area contributed by atoms with Crippen molar-refractivity contribution < 1.29 is 0 Å². The van der Waals surface area contributed by atoms with Crippen molar-refractivity contribution in [1.82, 2.24) is 15.0 Å². The van der Waals surface area contributed by atoms with Crippen molar-refractivity contribution in [2.24, 2.45) is 0 Å². The molecule has 0 atom stereocenters. The van der Waals surface area contributed by atoms with Gasteiger partial charge in [0.05, 0.1) is 12.1 Å². The second-order valence-corrected chi connectivity index (χ2v) is 8.02. The lowest BCUT2D eigenvalue weighted by Gasteiger charge is -2.35. The van der Waals surface area contributed by atoms with Crippen molar-refractivity contribution in [1.29, 1.82) is 0 Å². The maximum Gasteiger partial charge on any atom is 0.228 e. The maximum atomic E-state index is 4.90. The quantitative estimate of drug-likeness (QED) is 0.544. The SMILES string of the molecule is c1ccc(N2CCN(c3nc(NCc4cccs4)c4ccccc4n3)CC2)nc1. The van der Waals surface area contributed by atoms with Crippen molar-refractivity contribution >= 4 is 39.8 Å². The normalized spacial score (nSPS) is 14.3. The first kappa shape index (κ1) is 17.9. The Morgan fingerprint density at radius 1 is 0.862 bits per heavy atom. The molecule has 0 bridgehead atoms. The lowest BCUT2D eigenvalue weighted by Crippen LogP contribution is -2.47. The summed E-state index contributed by atoms with van der Waals surface area (Å²) < 4.78 is 0. The fourth-order valence-electron chi connectivity index (χ4n) is 3.60. The Bertz CT molecular complexity index is 1080. The number of benzene rings is 1. The van der Waals surface area contributed by atoms with Gasteiger partial charge < -0.3 is 15.1 Å². The number of para-hydroxylation sites is 1. The van der Waals surface area contributed by atoms with E-state index in [1.54, 1.807) is 11.3 Å². The third kappa shape index (κ3) is 3.86. The predicted molar refractivity (Wildman–Crippen MR) is 120 cm³/mol. The highest BCUT2D eigenvalue weighted by Gasteiger charge is 2.21. The van der Waals surface area contributed by atoms with E-state index in [9.17, 15) is 0 Å². The van der Waals surface area contributed by atoms with Gasteiger partial charge in [-0.15, -0.1) is 11.3 Å². The minimum atomic E-state index is 0.769. The Morgan fingerprint density at radius 2 is 1.69 bits per heavy atom. The van der Waals surface area contributed by atoms with Crippen LogP contribution in [-0.2, 0) is 6.54 Å². The van der Waals surface area contributed by atoms with Gasteiger partial charge in [-0.1, -0.05) is 24.3 Å². The molecule has 0 aliphatic carbocycles. The first-order chi connectivity index (χ1) is 14.4. The van der Waals surface area contributed by atoms with Crippen LogP contribution in [0.4, 0.5) is 17.6 Å². The number of pyridine rings is 1. The highest BCUT2D eigenvalue weighted by atomic mass is 32.1. The minimum Gasteiger partial charge on any atom is -0.364 e. The van der Waals surface area contributed by atoms with Crippen LogP contribution in [0.5, 0.6) is 0 Å². The Hall–Kier alpha value is -3.19. The number of nitrogens with one attached hydrogen (secondary N) is 1. The molecule has 5 rings (SSSR count). The summed E-state index contributed by atoms with van der Waals surface area (Å²) in [5.41, 5.74) is 0.971. The number of hydrogen-bond acceptors (Lipinski definition) is 7. The Labute approximate surface area is 173 Å². The van der Waals surface area contributed by atoms with E-state index in [2.05, 4.69) is 55.8 Å². The van der Waals surface area contributed by atoms with Gasteiger partial charge in [0, 0.05) is 42.6 Å². The highest BCUT2D eigenvalue weighted by Crippen LogP contribution is 2.25. The molecule has 6 nitrogen and oxygen atoms in total. The molecule has 0 unspecified atom stereocenters. The summed E-state index contributed by atoms with van der Waals surface area (Å²) in [6.07, 6.45) is 1.85. The number of nitrogens with zero attached hydrogens (tertiary/aromatic N) is 5. The fraction of sp³-hybridized carbons (Fsp3) is 0.227. The van der Waals surface area contributed by atoms with Gasteiger partial charge >= 0.3 is 0 Å². The van der Waals surface area contributed by atoms with E-state index in [0.29, 0.717) is 0 Å². The molecule has 4 aromatic rings. The zero-order valence-electron chi connectivity index (χ0n) is 16.0. The topological polar surface area (TPSA) is 57.2 Å². The van der Waals surface area contributed by atoms with Crippen LogP contribution in [0.3, 0.4) is 0 Å². The molecule has 3 aromatic heterocycles. The predicted octanol–water partition coefficient (Wildman–Crippen LogP) is 4.03. The minimum absolute atomic E-state index is 0.769. The summed E-state index contributed by atoms with van der Waals surface area (Å²) in [6, 6.07) is 18.5. The molecule has 146 valence electrons. The molecule has 1 aliphatic rings. The molecule has 29 heavy (non-hydrogen) atoms. The molecule has 4 heterocycles. The molecular weight excluding hydrogens is 380 g/mol. The van der Waals surface area contributed by atoms with Gasteiger partial charge in [-0.25, -0.2) is 9.97 Å². The number of fused-ring (bicyclic) bond motifs is 1. The van der Waals surface area contributed by atoms with Crippen LogP contribution in [-0.4, -0.2) is 41.1 Å². The van der Waals surface area contributed by atoms with Crippen molar-refractivity contribution in [3.8, 4) is 0 Å². The molecule has 1 N–H and O–H groups in total. The van der Waals surface area contributed by atoms with Crippen LogP contribution in [0.2, 0.25) is 0 Å². The average molecular weight is 403 g/mol. The van der Waals surface area contributed by atoms with Gasteiger partial charge in [0.25, 0.3) is 0 Å². The smallest absolute Gasteiger partial charge is 0.228 e. The van der Waals surface area contributed by atoms with E-state index >= 15 is 0 Å². The van der Waals surface area contributed by atoms with Crippen LogP contribution in [0.25, 0.3) is 10.9 Å². The summed E-state index contributed by atoms with van der Waals surface area (Å²) in [5, 5.41) is 6.67. The second kappa shape index (κ2) is 8.05. The number of anilines is 3. The van der Waals surface area contributed by atoms with Gasteiger partial charge in [-0.2, -0.15) is 4.98 Å². The Balaban J connectivity index is 1.37. The zero-order chi connectivity index (χ0) is 19.5. The molecule has 7 heteroatoms. The largest absolute Gasteiger partial charge is 0.364 e. The second-order valence-electron chi connectivity index (χ2n) is 6.98. The number of thiophene rings is 1. The molecule has 1 aromatic carbocycles. The molecular formula is C22H22N6S. The molecule has 1 fully saturated rings. The monoisotopic (exact) mass is 402 g/mol. The number of piperazine rings is 1. The summed E-state index contributed by atoms with van der Waals surface area (Å²) >= 11 is 1.75. The summed E-state index contributed by atoms with van der Waals surface area (Å²) in [5.74, 6) is 2.72. The number of hydrogen-bond donors (Lipinski definition) is 1. The Morgan fingerprint density at radius 3 is 2.48 bits per heavy atom. The van der Waals surface area contributed by atoms with E-state index in [0.717, 1.165) is 61.2 Å². The highest BCUT2D eigenvalue weighted by molar-refractivity contribution is 7.09. The fourth-order valence-corrected chi connectivity index (χ4v) is 4.25. The molecule has 0 amide bonds. The van der Waals surface area contributed by atoms with Gasteiger partial charge in [-0.05, 0) is 35.7 Å². The lowest BCUT2D eigenvalue weighted by atomic mass is 10.2. The van der Waals surface area contributed by atoms with Crippen LogP contribution in [0.1, 0.15) is 4.88 Å². The Kier molecular flexibility index (Phi) is 4.96. The average Bonchev–Trinajstić information content (AvgIpc) is 3.32. The third-order valence-electron chi connectivity index (χ3n) is 5.14. The molecule has 0 radical (unpaired) electrons. The standard InChI is InChI=1S/C22H22N6S/c1-2-8-19-18(7-1)21(24-16-17-6-5-15-29-17)26-22(25-19)28-13-11-27(12-14-28)20-9-3-4-10-23-20/h1-10,15H,11-14,16H2,(H,24,25,26). The molecule has 0 saturated carbocycles. The van der Waals surface area contributed by atoms with E-state index in [-0.39, 0.29) is 0 Å². The molecule has 1 aliphatic heterocycles. The van der Waals surface area contributed by atoms with Gasteiger partial charge in [-0.3, -0.25) is 0 Å². The number of rotatable bonds is 5. The van der Waals surface area contributed by atoms with Gasteiger partial charge in [0.15, 0.2) is 0 Å². The van der Waals surface area contributed by atoms with Crippen molar-refractivity contribution in [2.45, 2.75) is 6.54 Å². The summed E-state index contributed by atoms with van der Waals surface area (Å²) in [4.78, 5) is 20.1. The van der Waals surface area contributed by atoms with Crippen LogP contribution in [0, 0.1) is 0 Å². The summed E-state index contributed by atoms with van der Waals surface area (Å²) in [6.45, 7) is 4.33. The van der Waals surface area contributed by atoms with E-state index in [1.165, 1.54) is 4.88 Å². The third-order valence-corrected chi connectivity index (χ3v) is 6.01. The molecule has 0 spiro atoms. The van der Waals surface area contributed by atoms with Crippen LogP contribution >= 0.6 is 11.3 Å².